The van der Waals surface area contributed by atoms with Crippen LogP contribution in [0.5, 0.6) is 0 Å². The van der Waals surface area contributed by atoms with E-state index in [0.717, 1.165) is 29.3 Å². The van der Waals surface area contributed by atoms with Crippen LogP contribution in [0.15, 0.2) is 18.3 Å². The summed E-state index contributed by atoms with van der Waals surface area (Å²) in [6.45, 7) is 3.03. The molecule has 3 heterocycles. The molecule has 1 aliphatic rings. The number of nitrogens with one attached hydrogen (secondary N) is 1. The van der Waals surface area contributed by atoms with Crippen LogP contribution in [-0.4, -0.2) is 53.4 Å². The van der Waals surface area contributed by atoms with Gasteiger partial charge in [0, 0.05) is 39.4 Å². The normalized spacial score (nSPS) is 13.4. The summed E-state index contributed by atoms with van der Waals surface area (Å²) in [7, 11) is 5.73. The Morgan fingerprint density at radius 2 is 2.12 bits per heavy atom. The summed E-state index contributed by atoms with van der Waals surface area (Å²) in [6.07, 6.45) is 2.43. The molecular formula is C17H22N6O. The third kappa shape index (κ3) is 2.89. The molecule has 126 valence electrons. The molecule has 3 rings (SSSR count). The lowest BCUT2D eigenvalue weighted by Crippen LogP contribution is -2.38. The Labute approximate surface area is 141 Å². The first kappa shape index (κ1) is 16.2. The number of hydrogen-bond donors (Lipinski definition) is 1. The van der Waals surface area contributed by atoms with E-state index < -0.39 is 0 Å². The number of carbonyl (C=O) groups is 1. The molecule has 0 saturated carbocycles. The molecule has 24 heavy (non-hydrogen) atoms. The van der Waals surface area contributed by atoms with Crippen molar-refractivity contribution < 1.29 is 4.79 Å². The van der Waals surface area contributed by atoms with Crippen LogP contribution >= 0.6 is 0 Å². The maximum absolute atomic E-state index is 12.9. The second kappa shape index (κ2) is 6.43. The fourth-order valence-electron chi connectivity index (χ4n) is 3.02. The van der Waals surface area contributed by atoms with E-state index in [1.54, 1.807) is 25.4 Å². The van der Waals surface area contributed by atoms with E-state index in [2.05, 4.69) is 20.3 Å². The SMILES string of the molecule is CNc1ncccc1C(=O)N1CCc2c(nc(C)nc2N(C)C)C1. The first-order valence-corrected chi connectivity index (χ1v) is 7.97. The largest absolute Gasteiger partial charge is 0.372 e. The number of aryl methyl sites for hydroxylation is 1. The number of anilines is 2. The molecule has 0 spiro atoms. The van der Waals surface area contributed by atoms with E-state index in [4.69, 9.17) is 0 Å². The van der Waals surface area contributed by atoms with Gasteiger partial charge in [0.05, 0.1) is 17.8 Å². The predicted molar refractivity (Wildman–Crippen MR) is 93.3 cm³/mol. The van der Waals surface area contributed by atoms with E-state index in [9.17, 15) is 4.79 Å². The Balaban J connectivity index is 1.91. The summed E-state index contributed by atoms with van der Waals surface area (Å²) in [5.74, 6) is 2.24. The summed E-state index contributed by atoms with van der Waals surface area (Å²) in [6, 6.07) is 3.58. The lowest BCUT2D eigenvalue weighted by molar-refractivity contribution is 0.0732. The van der Waals surface area contributed by atoms with Crippen LogP contribution in [0.1, 0.15) is 27.4 Å². The minimum absolute atomic E-state index is 0.0271. The van der Waals surface area contributed by atoms with Gasteiger partial charge in [0.15, 0.2) is 0 Å². The highest BCUT2D eigenvalue weighted by molar-refractivity contribution is 5.98. The highest BCUT2D eigenvalue weighted by Crippen LogP contribution is 2.26. The van der Waals surface area contributed by atoms with Crippen LogP contribution in [0.4, 0.5) is 11.6 Å². The molecule has 0 saturated heterocycles. The summed E-state index contributed by atoms with van der Waals surface area (Å²) in [4.78, 5) is 30.0. The number of rotatable bonds is 3. The zero-order valence-electron chi connectivity index (χ0n) is 14.5. The van der Waals surface area contributed by atoms with Crippen molar-refractivity contribution in [2.75, 3.05) is 37.9 Å². The molecule has 0 unspecified atom stereocenters. The molecule has 0 fully saturated rings. The van der Waals surface area contributed by atoms with Crippen LogP contribution in [0, 0.1) is 6.92 Å². The zero-order chi connectivity index (χ0) is 17.3. The van der Waals surface area contributed by atoms with Crippen molar-refractivity contribution in [3.8, 4) is 0 Å². The zero-order valence-corrected chi connectivity index (χ0v) is 14.5. The molecule has 2 aromatic heterocycles. The minimum atomic E-state index is -0.0271. The van der Waals surface area contributed by atoms with Crippen LogP contribution < -0.4 is 10.2 Å². The Hall–Kier alpha value is -2.70. The van der Waals surface area contributed by atoms with Gasteiger partial charge < -0.3 is 15.1 Å². The molecule has 0 atom stereocenters. The molecule has 1 amide bonds. The predicted octanol–water partition coefficient (Wildman–Crippen LogP) is 1.49. The van der Waals surface area contributed by atoms with Crippen molar-refractivity contribution >= 4 is 17.5 Å². The van der Waals surface area contributed by atoms with Crippen LogP contribution in [-0.2, 0) is 13.0 Å². The first-order chi connectivity index (χ1) is 11.5. The first-order valence-electron chi connectivity index (χ1n) is 7.97. The minimum Gasteiger partial charge on any atom is -0.372 e. The summed E-state index contributed by atoms with van der Waals surface area (Å²) < 4.78 is 0. The maximum Gasteiger partial charge on any atom is 0.257 e. The van der Waals surface area contributed by atoms with Gasteiger partial charge in [0.1, 0.15) is 17.5 Å². The number of carbonyl (C=O) groups excluding carboxylic acids is 1. The van der Waals surface area contributed by atoms with Gasteiger partial charge in [-0.2, -0.15) is 0 Å². The smallest absolute Gasteiger partial charge is 0.257 e. The standard InChI is InChI=1S/C17H22N6O/c1-11-20-14-10-23(9-7-12(14)16(21-11)22(3)4)17(24)13-6-5-8-19-15(13)18-2/h5-6,8H,7,9-10H2,1-4H3,(H,18,19). The topological polar surface area (TPSA) is 74.2 Å². The Bertz CT molecular complexity index is 774. The number of fused-ring (bicyclic) bond motifs is 1. The molecule has 2 aromatic rings. The quantitative estimate of drug-likeness (QED) is 0.921. The van der Waals surface area contributed by atoms with Crippen molar-refractivity contribution in [1.29, 1.82) is 0 Å². The Morgan fingerprint density at radius 3 is 2.83 bits per heavy atom. The van der Waals surface area contributed by atoms with E-state index >= 15 is 0 Å². The second-order valence-corrected chi connectivity index (χ2v) is 6.04. The second-order valence-electron chi connectivity index (χ2n) is 6.04. The molecular weight excluding hydrogens is 304 g/mol. The van der Waals surface area contributed by atoms with Gasteiger partial charge in [-0.05, 0) is 25.5 Å². The number of aromatic nitrogens is 3. The molecule has 0 aromatic carbocycles. The van der Waals surface area contributed by atoms with Crippen molar-refractivity contribution in [2.24, 2.45) is 0 Å². The molecule has 7 nitrogen and oxygen atoms in total. The average molecular weight is 326 g/mol. The fourth-order valence-corrected chi connectivity index (χ4v) is 3.02. The number of nitrogens with zero attached hydrogens (tertiary/aromatic N) is 5. The molecule has 7 heteroatoms. The van der Waals surface area contributed by atoms with E-state index in [1.165, 1.54) is 0 Å². The maximum atomic E-state index is 12.9. The Kier molecular flexibility index (Phi) is 4.33. The van der Waals surface area contributed by atoms with Crippen molar-refractivity contribution in [2.45, 2.75) is 19.9 Å². The van der Waals surface area contributed by atoms with Gasteiger partial charge in [-0.15, -0.1) is 0 Å². The summed E-state index contributed by atoms with van der Waals surface area (Å²) >= 11 is 0. The molecule has 1 N–H and O–H groups in total. The van der Waals surface area contributed by atoms with Crippen molar-refractivity contribution in [1.82, 2.24) is 19.9 Å². The molecule has 0 bridgehead atoms. The van der Waals surface area contributed by atoms with Crippen molar-refractivity contribution in [3.05, 3.63) is 41.0 Å². The van der Waals surface area contributed by atoms with Gasteiger partial charge in [0.25, 0.3) is 5.91 Å². The molecule has 0 aliphatic carbocycles. The van der Waals surface area contributed by atoms with Gasteiger partial charge in [-0.1, -0.05) is 0 Å². The number of hydrogen-bond acceptors (Lipinski definition) is 6. The van der Waals surface area contributed by atoms with E-state index in [0.29, 0.717) is 24.5 Å². The summed E-state index contributed by atoms with van der Waals surface area (Å²) in [5.41, 5.74) is 2.65. The van der Waals surface area contributed by atoms with Gasteiger partial charge in [-0.3, -0.25) is 4.79 Å². The van der Waals surface area contributed by atoms with Gasteiger partial charge >= 0.3 is 0 Å². The highest BCUT2D eigenvalue weighted by Gasteiger charge is 2.27. The third-order valence-electron chi connectivity index (χ3n) is 4.14. The number of amides is 1. The Morgan fingerprint density at radius 1 is 1.33 bits per heavy atom. The average Bonchev–Trinajstić information content (AvgIpc) is 2.59. The monoisotopic (exact) mass is 326 g/mol. The van der Waals surface area contributed by atoms with E-state index in [1.807, 2.05) is 30.8 Å². The number of pyridine rings is 1. The highest BCUT2D eigenvalue weighted by atomic mass is 16.2. The molecule has 0 radical (unpaired) electrons. The van der Waals surface area contributed by atoms with Crippen LogP contribution in [0.3, 0.4) is 0 Å². The van der Waals surface area contributed by atoms with Gasteiger partial charge in [0.2, 0.25) is 0 Å². The van der Waals surface area contributed by atoms with Gasteiger partial charge in [-0.25, -0.2) is 15.0 Å². The lowest BCUT2D eigenvalue weighted by atomic mass is 10.0. The van der Waals surface area contributed by atoms with Crippen molar-refractivity contribution in [3.63, 3.8) is 0 Å². The summed E-state index contributed by atoms with van der Waals surface area (Å²) in [5, 5.41) is 2.98. The fraction of sp³-hybridized carbons (Fsp3) is 0.412. The van der Waals surface area contributed by atoms with Crippen LogP contribution in [0.25, 0.3) is 0 Å². The molecule has 1 aliphatic heterocycles. The van der Waals surface area contributed by atoms with Crippen LogP contribution in [0.2, 0.25) is 0 Å². The third-order valence-corrected chi connectivity index (χ3v) is 4.14. The van der Waals surface area contributed by atoms with E-state index in [-0.39, 0.29) is 5.91 Å². The lowest BCUT2D eigenvalue weighted by Gasteiger charge is -2.30.